The second-order valence-corrected chi connectivity index (χ2v) is 5.98. The van der Waals surface area contributed by atoms with E-state index in [1.54, 1.807) is 0 Å². The van der Waals surface area contributed by atoms with Crippen LogP contribution >= 0.6 is 35.0 Å². The molecule has 0 heterocycles. The summed E-state index contributed by atoms with van der Waals surface area (Å²) in [5.41, 5.74) is 1.33. The van der Waals surface area contributed by atoms with Gasteiger partial charge in [0, 0.05) is 10.9 Å². The molecule has 0 N–H and O–H groups in total. The lowest BCUT2D eigenvalue weighted by atomic mass is 9.99. The highest BCUT2D eigenvalue weighted by Gasteiger charge is 2.08. The monoisotopic (exact) mass is 276 g/mol. The summed E-state index contributed by atoms with van der Waals surface area (Å²) in [6.07, 6.45) is 2.26. The summed E-state index contributed by atoms with van der Waals surface area (Å²) in [4.78, 5) is 0. The fourth-order valence-electron chi connectivity index (χ4n) is 1.58. The summed E-state index contributed by atoms with van der Waals surface area (Å²) in [5, 5.41) is 0.799. The molecule has 0 aromatic heterocycles. The molecule has 1 unspecified atom stereocenters. The normalized spacial score (nSPS) is 12.7. The third-order valence-corrected chi connectivity index (χ3v) is 4.15. The standard InChI is InChI=1S/C13H18Cl2S/c1-2-16-8-7-12(10-14)9-11-3-5-13(15)6-4-11/h3-6,12H,2,7-10H2,1H3. The van der Waals surface area contributed by atoms with Crippen LogP contribution in [0.2, 0.25) is 5.02 Å². The molecule has 1 aromatic carbocycles. The minimum absolute atomic E-state index is 0.585. The fourth-order valence-corrected chi connectivity index (χ4v) is 2.76. The predicted octanol–water partition coefficient (Wildman–Crippen LogP) is 4.88. The first-order valence-electron chi connectivity index (χ1n) is 5.64. The van der Waals surface area contributed by atoms with Crippen molar-refractivity contribution in [2.45, 2.75) is 19.8 Å². The number of alkyl halides is 1. The maximum atomic E-state index is 5.99. The lowest BCUT2D eigenvalue weighted by Crippen LogP contribution is -2.07. The molecule has 1 atom stereocenters. The van der Waals surface area contributed by atoms with Gasteiger partial charge in [0.1, 0.15) is 0 Å². The Hall–Kier alpha value is 0.150. The van der Waals surface area contributed by atoms with Gasteiger partial charge in [-0.05, 0) is 48.0 Å². The van der Waals surface area contributed by atoms with Gasteiger partial charge in [0.25, 0.3) is 0 Å². The summed E-state index contributed by atoms with van der Waals surface area (Å²) in [5.74, 6) is 3.73. The van der Waals surface area contributed by atoms with Crippen LogP contribution in [0.25, 0.3) is 0 Å². The molecule has 16 heavy (non-hydrogen) atoms. The fraction of sp³-hybridized carbons (Fsp3) is 0.538. The van der Waals surface area contributed by atoms with Crippen LogP contribution in [0.1, 0.15) is 18.9 Å². The lowest BCUT2D eigenvalue weighted by molar-refractivity contribution is 0.571. The van der Waals surface area contributed by atoms with Crippen LogP contribution in [-0.2, 0) is 6.42 Å². The van der Waals surface area contributed by atoms with Gasteiger partial charge in [0.15, 0.2) is 0 Å². The second-order valence-electron chi connectivity index (χ2n) is 3.84. The highest BCUT2D eigenvalue weighted by atomic mass is 35.5. The average molecular weight is 277 g/mol. The molecular formula is C13H18Cl2S. The molecule has 0 nitrogen and oxygen atoms in total. The SMILES string of the molecule is CCSCCC(CCl)Cc1ccc(Cl)cc1. The summed E-state index contributed by atoms with van der Waals surface area (Å²) >= 11 is 13.8. The van der Waals surface area contributed by atoms with Crippen molar-refractivity contribution in [2.75, 3.05) is 17.4 Å². The number of benzene rings is 1. The van der Waals surface area contributed by atoms with Crippen LogP contribution in [0.4, 0.5) is 0 Å². The maximum Gasteiger partial charge on any atom is 0.0406 e. The van der Waals surface area contributed by atoms with E-state index in [4.69, 9.17) is 23.2 Å². The van der Waals surface area contributed by atoms with E-state index in [0.717, 1.165) is 17.3 Å². The molecule has 90 valence electrons. The van der Waals surface area contributed by atoms with Crippen molar-refractivity contribution in [3.63, 3.8) is 0 Å². The zero-order valence-corrected chi connectivity index (χ0v) is 11.9. The highest BCUT2D eigenvalue weighted by molar-refractivity contribution is 7.99. The van der Waals surface area contributed by atoms with Crippen molar-refractivity contribution < 1.29 is 0 Å². The third kappa shape index (κ3) is 5.47. The molecular weight excluding hydrogens is 259 g/mol. The van der Waals surface area contributed by atoms with Crippen molar-refractivity contribution in [1.82, 2.24) is 0 Å². The topological polar surface area (TPSA) is 0 Å². The molecule has 0 aliphatic heterocycles. The summed E-state index contributed by atoms with van der Waals surface area (Å²) < 4.78 is 0. The number of hydrogen-bond donors (Lipinski definition) is 0. The zero-order valence-electron chi connectivity index (χ0n) is 9.59. The molecule has 0 radical (unpaired) electrons. The number of hydrogen-bond acceptors (Lipinski definition) is 1. The van der Waals surface area contributed by atoms with Gasteiger partial charge in [-0.25, -0.2) is 0 Å². The lowest BCUT2D eigenvalue weighted by Gasteiger charge is -2.13. The maximum absolute atomic E-state index is 5.99. The number of thioether (sulfide) groups is 1. The Balaban J connectivity index is 2.40. The van der Waals surface area contributed by atoms with E-state index in [9.17, 15) is 0 Å². The predicted molar refractivity (Wildman–Crippen MR) is 77.0 cm³/mol. The van der Waals surface area contributed by atoms with Gasteiger partial charge in [-0.1, -0.05) is 30.7 Å². The molecule has 0 fully saturated rings. The Morgan fingerprint density at radius 1 is 1.25 bits per heavy atom. The van der Waals surface area contributed by atoms with Crippen molar-refractivity contribution >= 4 is 35.0 Å². The minimum Gasteiger partial charge on any atom is -0.162 e. The summed E-state index contributed by atoms with van der Waals surface area (Å²) in [7, 11) is 0. The molecule has 0 aliphatic carbocycles. The third-order valence-electron chi connectivity index (χ3n) is 2.53. The van der Waals surface area contributed by atoms with E-state index in [-0.39, 0.29) is 0 Å². The summed E-state index contributed by atoms with van der Waals surface area (Å²) in [6, 6.07) is 8.08. The van der Waals surface area contributed by atoms with Gasteiger partial charge in [0.2, 0.25) is 0 Å². The molecule has 0 saturated heterocycles. The quantitative estimate of drug-likeness (QED) is 0.505. The molecule has 0 spiro atoms. The first-order chi connectivity index (χ1) is 7.76. The van der Waals surface area contributed by atoms with E-state index in [0.29, 0.717) is 5.92 Å². The Morgan fingerprint density at radius 3 is 2.50 bits per heavy atom. The molecule has 0 bridgehead atoms. The molecule has 3 heteroatoms. The molecule has 1 aromatic rings. The highest BCUT2D eigenvalue weighted by Crippen LogP contribution is 2.18. The molecule has 0 saturated carbocycles. The Labute approximate surface area is 113 Å². The van der Waals surface area contributed by atoms with Crippen molar-refractivity contribution in [3.05, 3.63) is 34.9 Å². The van der Waals surface area contributed by atoms with E-state index in [1.165, 1.54) is 23.5 Å². The summed E-state index contributed by atoms with van der Waals surface area (Å²) in [6.45, 7) is 2.19. The van der Waals surface area contributed by atoms with Crippen LogP contribution in [-0.4, -0.2) is 17.4 Å². The largest absolute Gasteiger partial charge is 0.162 e. The van der Waals surface area contributed by atoms with Gasteiger partial charge < -0.3 is 0 Å². The van der Waals surface area contributed by atoms with Gasteiger partial charge >= 0.3 is 0 Å². The first-order valence-corrected chi connectivity index (χ1v) is 7.71. The zero-order chi connectivity index (χ0) is 11.8. The van der Waals surface area contributed by atoms with E-state index in [2.05, 4.69) is 19.1 Å². The Kier molecular flexibility index (Phi) is 7.35. The van der Waals surface area contributed by atoms with Gasteiger partial charge in [-0.15, -0.1) is 11.6 Å². The van der Waals surface area contributed by atoms with E-state index in [1.807, 2.05) is 23.9 Å². The minimum atomic E-state index is 0.585. The second kappa shape index (κ2) is 8.27. The molecule has 0 aliphatic rings. The van der Waals surface area contributed by atoms with Crippen LogP contribution < -0.4 is 0 Å². The van der Waals surface area contributed by atoms with Crippen LogP contribution in [0.15, 0.2) is 24.3 Å². The number of halogens is 2. The number of rotatable bonds is 7. The average Bonchev–Trinajstić information content (AvgIpc) is 2.31. The van der Waals surface area contributed by atoms with Gasteiger partial charge in [-0.2, -0.15) is 11.8 Å². The molecule has 0 amide bonds. The van der Waals surface area contributed by atoms with Crippen LogP contribution in [0, 0.1) is 5.92 Å². The molecule has 1 rings (SSSR count). The van der Waals surface area contributed by atoms with E-state index >= 15 is 0 Å². The van der Waals surface area contributed by atoms with Crippen LogP contribution in [0.5, 0.6) is 0 Å². The van der Waals surface area contributed by atoms with Crippen molar-refractivity contribution in [3.8, 4) is 0 Å². The van der Waals surface area contributed by atoms with Crippen LogP contribution in [0.3, 0.4) is 0 Å². The first kappa shape index (κ1) is 14.2. The van der Waals surface area contributed by atoms with Crippen molar-refractivity contribution in [2.24, 2.45) is 5.92 Å². The smallest absolute Gasteiger partial charge is 0.0406 e. The van der Waals surface area contributed by atoms with Gasteiger partial charge in [-0.3, -0.25) is 0 Å². The Morgan fingerprint density at radius 2 is 1.94 bits per heavy atom. The Bertz CT molecular complexity index is 284. The van der Waals surface area contributed by atoms with Crippen molar-refractivity contribution in [1.29, 1.82) is 0 Å². The van der Waals surface area contributed by atoms with Gasteiger partial charge in [0.05, 0.1) is 0 Å². The van der Waals surface area contributed by atoms with E-state index < -0.39 is 0 Å².